The van der Waals surface area contributed by atoms with Crippen LogP contribution in [0.15, 0.2) is 35.7 Å². The fourth-order valence-electron chi connectivity index (χ4n) is 1.81. The number of halogens is 2. The van der Waals surface area contributed by atoms with E-state index in [1.54, 1.807) is 23.5 Å². The Morgan fingerprint density at radius 1 is 1.25 bits per heavy atom. The average Bonchev–Trinajstić information content (AvgIpc) is 3.01. The van der Waals surface area contributed by atoms with E-state index in [1.807, 2.05) is 11.4 Å². The van der Waals surface area contributed by atoms with Gasteiger partial charge in [0.2, 0.25) is 0 Å². The highest BCUT2D eigenvalue weighted by atomic mass is 35.5. The van der Waals surface area contributed by atoms with Gasteiger partial charge in [-0.3, -0.25) is 4.79 Å². The summed E-state index contributed by atoms with van der Waals surface area (Å²) in [5.41, 5.74) is 0.842. The van der Waals surface area contributed by atoms with Crippen molar-refractivity contribution in [2.24, 2.45) is 0 Å². The lowest BCUT2D eigenvalue weighted by Crippen LogP contribution is -2.22. The van der Waals surface area contributed by atoms with Gasteiger partial charge in [-0.05, 0) is 29.1 Å². The number of rotatable bonds is 3. The number of hydrogen-bond donors (Lipinski definition) is 1. The van der Waals surface area contributed by atoms with Crippen molar-refractivity contribution in [3.05, 3.63) is 57.0 Å². The molecule has 0 saturated carbocycles. The minimum Gasteiger partial charge on any atom is -0.347 e. The van der Waals surface area contributed by atoms with Crippen molar-refractivity contribution in [1.82, 2.24) is 5.32 Å². The summed E-state index contributed by atoms with van der Waals surface area (Å²) in [5, 5.41) is 6.17. The fraction of sp³-hybridized carbons (Fsp3) is 0.0714. The van der Waals surface area contributed by atoms with E-state index in [2.05, 4.69) is 5.32 Å². The van der Waals surface area contributed by atoms with Gasteiger partial charge in [0.05, 0.1) is 9.04 Å². The van der Waals surface area contributed by atoms with Crippen LogP contribution in [0.2, 0.25) is 5.02 Å². The van der Waals surface area contributed by atoms with Crippen LogP contribution in [0.5, 0.6) is 0 Å². The van der Waals surface area contributed by atoms with Crippen molar-refractivity contribution >= 4 is 49.6 Å². The molecule has 0 radical (unpaired) electrons. The first-order valence-electron chi connectivity index (χ1n) is 5.83. The molecule has 2 nitrogen and oxygen atoms in total. The normalized spacial score (nSPS) is 10.9. The highest BCUT2D eigenvalue weighted by Crippen LogP contribution is 2.38. The molecule has 6 heteroatoms. The molecule has 2 aromatic heterocycles. The Labute approximate surface area is 127 Å². The predicted octanol–water partition coefficient (Wildman–Crippen LogP) is 4.69. The van der Waals surface area contributed by atoms with E-state index in [-0.39, 0.29) is 11.7 Å². The molecule has 0 unspecified atom stereocenters. The molecule has 20 heavy (non-hydrogen) atoms. The summed E-state index contributed by atoms with van der Waals surface area (Å²) in [6.45, 7) is 0.348. The Morgan fingerprint density at radius 3 is 2.70 bits per heavy atom. The SMILES string of the molecule is O=C(NCc1ccc(F)cc1)c1sc2sccc2c1Cl. The highest BCUT2D eigenvalue weighted by Gasteiger charge is 2.17. The van der Waals surface area contributed by atoms with E-state index >= 15 is 0 Å². The lowest BCUT2D eigenvalue weighted by molar-refractivity contribution is 0.0955. The van der Waals surface area contributed by atoms with Gasteiger partial charge in [0.1, 0.15) is 10.7 Å². The molecule has 1 aromatic carbocycles. The topological polar surface area (TPSA) is 29.1 Å². The smallest absolute Gasteiger partial charge is 0.263 e. The minimum atomic E-state index is -0.290. The van der Waals surface area contributed by atoms with Gasteiger partial charge < -0.3 is 5.32 Å². The van der Waals surface area contributed by atoms with Crippen LogP contribution in [0.25, 0.3) is 9.40 Å². The second-order valence-electron chi connectivity index (χ2n) is 4.18. The zero-order valence-corrected chi connectivity index (χ0v) is 12.5. The number of carbonyl (C=O) groups excluding carboxylic acids is 1. The van der Waals surface area contributed by atoms with Gasteiger partial charge in [-0.15, -0.1) is 22.7 Å². The van der Waals surface area contributed by atoms with Crippen LogP contribution in [-0.2, 0) is 6.54 Å². The zero-order valence-electron chi connectivity index (χ0n) is 10.2. The Balaban J connectivity index is 1.74. The van der Waals surface area contributed by atoms with Crippen molar-refractivity contribution in [1.29, 1.82) is 0 Å². The molecule has 0 aliphatic carbocycles. The second kappa shape index (κ2) is 5.52. The minimum absolute atomic E-state index is 0.201. The summed E-state index contributed by atoms with van der Waals surface area (Å²) in [5.74, 6) is -0.491. The Hall–Kier alpha value is -1.43. The highest BCUT2D eigenvalue weighted by molar-refractivity contribution is 7.38. The number of fused-ring (bicyclic) bond motifs is 1. The molecule has 0 spiro atoms. The zero-order chi connectivity index (χ0) is 14.1. The predicted molar refractivity (Wildman–Crippen MR) is 82.3 cm³/mol. The summed E-state index contributed by atoms with van der Waals surface area (Å²) >= 11 is 9.16. The van der Waals surface area contributed by atoms with Gasteiger partial charge in [-0.1, -0.05) is 23.7 Å². The number of carbonyl (C=O) groups is 1. The van der Waals surface area contributed by atoms with E-state index in [1.165, 1.54) is 23.5 Å². The van der Waals surface area contributed by atoms with Gasteiger partial charge in [0.15, 0.2) is 0 Å². The number of hydrogen-bond acceptors (Lipinski definition) is 3. The number of benzene rings is 1. The molecule has 3 aromatic rings. The van der Waals surface area contributed by atoms with Crippen molar-refractivity contribution < 1.29 is 9.18 Å². The molecule has 0 aliphatic rings. The fourth-order valence-corrected chi connectivity index (χ4v) is 4.34. The summed E-state index contributed by atoms with van der Waals surface area (Å²) < 4.78 is 13.8. The molecule has 0 aliphatic heterocycles. The Morgan fingerprint density at radius 2 is 2.00 bits per heavy atom. The Kier molecular flexibility index (Phi) is 3.74. The lowest BCUT2D eigenvalue weighted by Gasteiger charge is -2.04. The molecule has 102 valence electrons. The summed E-state index contributed by atoms with van der Waals surface area (Å²) in [7, 11) is 0. The van der Waals surface area contributed by atoms with Crippen molar-refractivity contribution in [2.45, 2.75) is 6.54 Å². The molecule has 1 amide bonds. The van der Waals surface area contributed by atoms with E-state index in [0.717, 1.165) is 15.0 Å². The molecule has 0 fully saturated rings. The van der Waals surface area contributed by atoms with Gasteiger partial charge in [-0.2, -0.15) is 0 Å². The second-order valence-corrected chi connectivity index (χ2v) is 6.75. The maximum atomic E-state index is 12.8. The van der Waals surface area contributed by atoms with Gasteiger partial charge >= 0.3 is 0 Å². The van der Waals surface area contributed by atoms with Crippen LogP contribution in [0.3, 0.4) is 0 Å². The van der Waals surface area contributed by atoms with Gasteiger partial charge in [-0.25, -0.2) is 4.39 Å². The Bertz CT molecular complexity index is 763. The molecule has 0 bridgehead atoms. The number of amides is 1. The van der Waals surface area contributed by atoms with Crippen LogP contribution in [0.4, 0.5) is 4.39 Å². The number of thiophene rings is 2. The molecule has 3 rings (SSSR count). The maximum Gasteiger partial charge on any atom is 0.263 e. The summed E-state index contributed by atoms with van der Waals surface area (Å²) in [6.07, 6.45) is 0. The third-order valence-electron chi connectivity index (χ3n) is 2.83. The molecule has 2 heterocycles. The van der Waals surface area contributed by atoms with Crippen LogP contribution in [0.1, 0.15) is 15.2 Å². The van der Waals surface area contributed by atoms with Gasteiger partial charge in [0.25, 0.3) is 5.91 Å². The van der Waals surface area contributed by atoms with Crippen molar-refractivity contribution in [3.63, 3.8) is 0 Å². The van der Waals surface area contributed by atoms with E-state index in [9.17, 15) is 9.18 Å². The third-order valence-corrected chi connectivity index (χ3v) is 5.58. The molecular formula is C14H9ClFNOS2. The first-order chi connectivity index (χ1) is 9.65. The van der Waals surface area contributed by atoms with Crippen LogP contribution < -0.4 is 5.32 Å². The summed E-state index contributed by atoms with van der Waals surface area (Å²) in [6, 6.07) is 7.94. The van der Waals surface area contributed by atoms with Crippen LogP contribution >= 0.6 is 34.3 Å². The number of nitrogens with one attached hydrogen (secondary N) is 1. The third kappa shape index (κ3) is 2.57. The first-order valence-corrected chi connectivity index (χ1v) is 7.90. The van der Waals surface area contributed by atoms with E-state index in [0.29, 0.717) is 16.4 Å². The first kappa shape index (κ1) is 13.5. The van der Waals surface area contributed by atoms with Gasteiger partial charge in [0, 0.05) is 11.9 Å². The van der Waals surface area contributed by atoms with Crippen LogP contribution in [0, 0.1) is 5.82 Å². The quantitative estimate of drug-likeness (QED) is 0.744. The van der Waals surface area contributed by atoms with Crippen LogP contribution in [-0.4, -0.2) is 5.91 Å². The molecule has 1 N–H and O–H groups in total. The standard InChI is InChI=1S/C14H9ClFNOS2/c15-11-10-5-6-19-14(10)20-12(11)13(18)17-7-8-1-3-9(16)4-2-8/h1-6H,7H2,(H,17,18). The maximum absolute atomic E-state index is 12.8. The molecule has 0 atom stereocenters. The van der Waals surface area contributed by atoms with E-state index in [4.69, 9.17) is 11.6 Å². The van der Waals surface area contributed by atoms with Crippen molar-refractivity contribution in [2.75, 3.05) is 0 Å². The molecular weight excluding hydrogens is 317 g/mol. The lowest BCUT2D eigenvalue weighted by atomic mass is 10.2. The average molecular weight is 326 g/mol. The largest absolute Gasteiger partial charge is 0.347 e. The van der Waals surface area contributed by atoms with E-state index < -0.39 is 0 Å². The molecule has 0 saturated heterocycles. The summed E-state index contributed by atoms with van der Waals surface area (Å²) in [4.78, 5) is 12.6. The van der Waals surface area contributed by atoms with Crippen molar-refractivity contribution in [3.8, 4) is 0 Å². The monoisotopic (exact) mass is 325 g/mol.